The molecule has 0 unspecified atom stereocenters. The van der Waals surface area contributed by atoms with E-state index in [4.69, 9.17) is 14.5 Å². The second kappa shape index (κ2) is 7.67. The van der Waals surface area contributed by atoms with Gasteiger partial charge in [-0.25, -0.2) is 9.98 Å². The van der Waals surface area contributed by atoms with Crippen LogP contribution >= 0.6 is 0 Å². The van der Waals surface area contributed by atoms with Crippen molar-refractivity contribution in [2.45, 2.75) is 13.1 Å². The van der Waals surface area contributed by atoms with Crippen molar-refractivity contribution in [2.24, 2.45) is 4.99 Å². The molecule has 2 aromatic carbocycles. The average molecular weight is 391 g/mol. The molecular formula is C21H21N5O3. The summed E-state index contributed by atoms with van der Waals surface area (Å²) < 4.78 is 12.2. The molecule has 8 heteroatoms. The lowest BCUT2D eigenvalue weighted by molar-refractivity contribution is 0.401. The lowest BCUT2D eigenvalue weighted by Crippen LogP contribution is -2.37. The third-order valence-corrected chi connectivity index (χ3v) is 4.58. The van der Waals surface area contributed by atoms with Crippen LogP contribution in [0.2, 0.25) is 0 Å². The number of aromatic nitrogens is 2. The maximum atomic E-state index is 12.7. The summed E-state index contributed by atoms with van der Waals surface area (Å²) in [5, 5.41) is 6.35. The molecule has 2 heterocycles. The highest BCUT2D eigenvalue weighted by Gasteiger charge is 2.27. The molecule has 0 fully saturated rings. The Morgan fingerprint density at radius 2 is 1.83 bits per heavy atom. The molecule has 1 aliphatic heterocycles. The topological polar surface area (TPSA) is 89.8 Å². The van der Waals surface area contributed by atoms with Crippen molar-refractivity contribution >= 4 is 17.6 Å². The van der Waals surface area contributed by atoms with Gasteiger partial charge in [0.2, 0.25) is 11.9 Å². The van der Waals surface area contributed by atoms with Gasteiger partial charge in [0.15, 0.2) is 6.17 Å². The van der Waals surface area contributed by atoms with Gasteiger partial charge >= 0.3 is 0 Å². The Balaban J connectivity index is 1.79. The van der Waals surface area contributed by atoms with Crippen LogP contribution < -0.4 is 25.7 Å². The number of nitrogens with zero attached hydrogens (tertiary/aromatic N) is 3. The molecule has 8 nitrogen and oxygen atoms in total. The zero-order valence-electron chi connectivity index (χ0n) is 16.3. The van der Waals surface area contributed by atoms with Crippen LogP contribution in [-0.4, -0.2) is 29.7 Å². The Morgan fingerprint density at radius 1 is 1.07 bits per heavy atom. The normalized spacial score (nSPS) is 15.0. The van der Waals surface area contributed by atoms with Crippen LogP contribution in [-0.2, 0) is 0 Å². The lowest BCUT2D eigenvalue weighted by atomic mass is 10.1. The SMILES string of the molecule is COc1ccc(NC2=N[C@@H](c3ccccc3OC)n3c(nc(C)cc3=O)N2)cc1. The van der Waals surface area contributed by atoms with Gasteiger partial charge in [-0.3, -0.25) is 14.7 Å². The summed E-state index contributed by atoms with van der Waals surface area (Å²) in [6.07, 6.45) is -0.622. The Bertz CT molecular complexity index is 1120. The van der Waals surface area contributed by atoms with E-state index in [-0.39, 0.29) is 5.56 Å². The zero-order chi connectivity index (χ0) is 20.4. The highest BCUT2D eigenvalue weighted by Crippen LogP contribution is 2.32. The van der Waals surface area contributed by atoms with E-state index in [0.29, 0.717) is 23.4 Å². The van der Waals surface area contributed by atoms with Crippen LogP contribution in [0.4, 0.5) is 11.6 Å². The van der Waals surface area contributed by atoms with Gasteiger partial charge in [-0.15, -0.1) is 0 Å². The third-order valence-electron chi connectivity index (χ3n) is 4.58. The molecule has 0 radical (unpaired) electrons. The second-order valence-corrected chi connectivity index (χ2v) is 6.50. The van der Waals surface area contributed by atoms with Crippen molar-refractivity contribution in [1.29, 1.82) is 0 Å². The van der Waals surface area contributed by atoms with E-state index in [1.807, 2.05) is 48.5 Å². The standard InChI is InChI=1S/C21H21N5O3/c1-13-12-18(27)26-19(16-6-4-5-7-17(16)29-3)24-20(25-21(26)22-13)23-14-8-10-15(28-2)11-9-14/h4-12,19H,1-3H3,(H2,22,23,24,25)/t19-/m1/s1. The molecule has 1 aromatic heterocycles. The molecule has 0 bridgehead atoms. The van der Waals surface area contributed by atoms with Crippen molar-refractivity contribution in [2.75, 3.05) is 24.9 Å². The number of rotatable bonds is 4. The molecule has 0 spiro atoms. The molecule has 0 amide bonds. The second-order valence-electron chi connectivity index (χ2n) is 6.50. The number of aryl methyl sites for hydroxylation is 1. The van der Waals surface area contributed by atoms with Gasteiger partial charge in [-0.2, -0.15) is 0 Å². The minimum Gasteiger partial charge on any atom is -0.497 e. The van der Waals surface area contributed by atoms with E-state index < -0.39 is 6.17 Å². The Morgan fingerprint density at radius 3 is 2.55 bits per heavy atom. The summed E-state index contributed by atoms with van der Waals surface area (Å²) in [7, 11) is 3.22. The van der Waals surface area contributed by atoms with Crippen LogP contribution in [0.5, 0.6) is 11.5 Å². The van der Waals surface area contributed by atoms with Crippen LogP contribution in [0.15, 0.2) is 64.4 Å². The number of hydrogen-bond acceptors (Lipinski definition) is 7. The van der Waals surface area contributed by atoms with Crippen LogP contribution in [0.3, 0.4) is 0 Å². The molecule has 1 atom stereocenters. The number of anilines is 2. The molecular weight excluding hydrogens is 370 g/mol. The molecule has 1 aliphatic rings. The van der Waals surface area contributed by atoms with Gasteiger partial charge < -0.3 is 14.8 Å². The van der Waals surface area contributed by atoms with Crippen molar-refractivity contribution in [3.63, 3.8) is 0 Å². The number of aliphatic imine (C=N–C) groups is 1. The molecule has 0 aliphatic carbocycles. The summed E-state index contributed by atoms with van der Waals surface area (Å²) in [5.41, 5.74) is 2.01. The fourth-order valence-corrected chi connectivity index (χ4v) is 3.21. The summed E-state index contributed by atoms with van der Waals surface area (Å²) >= 11 is 0. The fourth-order valence-electron chi connectivity index (χ4n) is 3.21. The molecule has 3 aromatic rings. The Hall–Kier alpha value is -3.81. The maximum absolute atomic E-state index is 12.7. The van der Waals surface area contributed by atoms with Crippen LogP contribution in [0, 0.1) is 6.92 Å². The van der Waals surface area contributed by atoms with Crippen molar-refractivity contribution < 1.29 is 9.47 Å². The predicted octanol–water partition coefficient (Wildman–Crippen LogP) is 3.01. The third kappa shape index (κ3) is 3.64. The zero-order valence-corrected chi connectivity index (χ0v) is 16.3. The summed E-state index contributed by atoms with van der Waals surface area (Å²) in [6.45, 7) is 1.78. The number of para-hydroxylation sites is 1. The minimum atomic E-state index is -0.622. The summed E-state index contributed by atoms with van der Waals surface area (Å²) in [4.78, 5) is 22.0. The number of methoxy groups -OCH3 is 2. The Labute approximate surface area is 167 Å². The number of guanidine groups is 1. The van der Waals surface area contributed by atoms with Crippen molar-refractivity contribution in [1.82, 2.24) is 9.55 Å². The number of fused-ring (bicyclic) bond motifs is 1. The number of hydrogen-bond donors (Lipinski definition) is 2. The highest BCUT2D eigenvalue weighted by molar-refractivity contribution is 6.03. The Kier molecular flexibility index (Phi) is 4.90. The number of benzene rings is 2. The van der Waals surface area contributed by atoms with Crippen LogP contribution in [0.1, 0.15) is 17.4 Å². The molecule has 0 saturated carbocycles. The smallest absolute Gasteiger partial charge is 0.257 e. The van der Waals surface area contributed by atoms with Gasteiger partial charge in [0.1, 0.15) is 11.5 Å². The van der Waals surface area contributed by atoms with E-state index in [9.17, 15) is 4.79 Å². The van der Waals surface area contributed by atoms with Crippen molar-refractivity contribution in [3.05, 3.63) is 76.2 Å². The van der Waals surface area contributed by atoms with E-state index >= 15 is 0 Å². The predicted molar refractivity (Wildman–Crippen MR) is 112 cm³/mol. The largest absolute Gasteiger partial charge is 0.497 e. The maximum Gasteiger partial charge on any atom is 0.257 e. The monoisotopic (exact) mass is 391 g/mol. The molecule has 2 N–H and O–H groups in total. The van der Waals surface area contributed by atoms with Gasteiger partial charge in [-0.05, 0) is 37.3 Å². The van der Waals surface area contributed by atoms with Gasteiger partial charge in [0.05, 0.1) is 14.2 Å². The molecule has 4 rings (SSSR count). The summed E-state index contributed by atoms with van der Waals surface area (Å²) in [6, 6.07) is 16.5. The van der Waals surface area contributed by atoms with Crippen LogP contribution in [0.25, 0.3) is 0 Å². The number of nitrogens with one attached hydrogen (secondary N) is 2. The van der Waals surface area contributed by atoms with E-state index in [1.54, 1.807) is 21.1 Å². The molecule has 0 saturated heterocycles. The average Bonchev–Trinajstić information content (AvgIpc) is 2.73. The highest BCUT2D eigenvalue weighted by atomic mass is 16.5. The first-order valence-corrected chi connectivity index (χ1v) is 9.08. The first-order valence-electron chi connectivity index (χ1n) is 9.08. The first kappa shape index (κ1) is 18.5. The van der Waals surface area contributed by atoms with Gasteiger partial charge in [-0.1, -0.05) is 18.2 Å². The van der Waals surface area contributed by atoms with Gasteiger partial charge in [0, 0.05) is 23.0 Å². The molecule has 29 heavy (non-hydrogen) atoms. The summed E-state index contributed by atoms with van der Waals surface area (Å²) in [5.74, 6) is 2.29. The number of ether oxygens (including phenoxy) is 2. The van der Waals surface area contributed by atoms with Crippen molar-refractivity contribution in [3.8, 4) is 11.5 Å². The minimum absolute atomic E-state index is 0.192. The van der Waals surface area contributed by atoms with Gasteiger partial charge in [0.25, 0.3) is 5.56 Å². The first-order chi connectivity index (χ1) is 14.1. The quantitative estimate of drug-likeness (QED) is 0.711. The van der Waals surface area contributed by atoms with E-state index in [1.165, 1.54) is 10.6 Å². The fraction of sp³-hybridized carbons (Fsp3) is 0.190. The molecule has 148 valence electrons. The lowest BCUT2D eigenvalue weighted by Gasteiger charge is -2.27. The van der Waals surface area contributed by atoms with E-state index in [0.717, 1.165) is 17.0 Å². The van der Waals surface area contributed by atoms with E-state index in [2.05, 4.69) is 15.6 Å².